The summed E-state index contributed by atoms with van der Waals surface area (Å²) in [4.78, 5) is 1.44. The van der Waals surface area contributed by atoms with E-state index < -0.39 is 0 Å². The third-order valence-corrected chi connectivity index (χ3v) is 4.39. The molecule has 1 heteroatoms. The molecule has 1 aliphatic heterocycles. The highest BCUT2D eigenvalue weighted by Gasteiger charge is 2.14. The minimum absolute atomic E-state index is 1.09. The fraction of sp³-hybridized carbons (Fsp3) is 0.200. The molecule has 0 amide bonds. The van der Waals surface area contributed by atoms with E-state index in [-0.39, 0.29) is 0 Å². The van der Waals surface area contributed by atoms with E-state index in [1.807, 2.05) is 11.8 Å². The van der Waals surface area contributed by atoms with Crippen molar-refractivity contribution in [3.8, 4) is 0 Å². The van der Waals surface area contributed by atoms with Crippen LogP contribution in [0.1, 0.15) is 22.3 Å². The summed E-state index contributed by atoms with van der Waals surface area (Å²) in [6.07, 6.45) is 1.09. The molecule has 0 aliphatic carbocycles. The molecule has 0 N–H and O–H groups in total. The van der Waals surface area contributed by atoms with Crippen LogP contribution >= 0.6 is 11.8 Å². The number of rotatable bonds is 0. The largest absolute Gasteiger partial charge is 0.121 e. The first-order valence-electron chi connectivity index (χ1n) is 5.62. The summed E-state index contributed by atoms with van der Waals surface area (Å²) in [6.45, 7) is 2.22. The average molecular weight is 226 g/mol. The first kappa shape index (κ1) is 9.98. The van der Waals surface area contributed by atoms with Crippen molar-refractivity contribution in [3.05, 3.63) is 64.7 Å². The summed E-state index contributed by atoms with van der Waals surface area (Å²) in [5.74, 6) is 1.11. The third-order valence-electron chi connectivity index (χ3n) is 3.23. The molecule has 0 saturated carbocycles. The van der Waals surface area contributed by atoms with Crippen LogP contribution < -0.4 is 0 Å². The van der Waals surface area contributed by atoms with Gasteiger partial charge in [0.2, 0.25) is 0 Å². The van der Waals surface area contributed by atoms with E-state index in [0.29, 0.717) is 0 Å². The van der Waals surface area contributed by atoms with Crippen molar-refractivity contribution in [3.63, 3.8) is 0 Å². The van der Waals surface area contributed by atoms with Crippen molar-refractivity contribution in [2.24, 2.45) is 0 Å². The lowest BCUT2D eigenvalue weighted by molar-refractivity contribution is 1.09. The molecule has 80 valence electrons. The topological polar surface area (TPSA) is 0 Å². The maximum atomic E-state index is 2.27. The van der Waals surface area contributed by atoms with Crippen molar-refractivity contribution < 1.29 is 0 Å². The van der Waals surface area contributed by atoms with Gasteiger partial charge >= 0.3 is 0 Å². The number of hydrogen-bond acceptors (Lipinski definition) is 1. The Kier molecular flexibility index (Phi) is 2.49. The molecule has 0 unspecified atom stereocenters. The van der Waals surface area contributed by atoms with E-state index in [1.165, 1.54) is 27.1 Å². The molecule has 0 atom stereocenters. The molecule has 0 fully saturated rings. The summed E-state index contributed by atoms with van der Waals surface area (Å²) >= 11 is 1.96. The van der Waals surface area contributed by atoms with Crippen molar-refractivity contribution in [2.45, 2.75) is 24.0 Å². The predicted octanol–water partition coefficient (Wildman–Crippen LogP) is 4.19. The molecule has 0 radical (unpaired) electrons. The Morgan fingerprint density at radius 2 is 1.75 bits per heavy atom. The van der Waals surface area contributed by atoms with Crippen LogP contribution in [0.2, 0.25) is 0 Å². The maximum absolute atomic E-state index is 2.27. The Hall–Kier alpha value is -1.21. The molecule has 0 spiro atoms. The van der Waals surface area contributed by atoms with E-state index in [1.54, 1.807) is 0 Å². The van der Waals surface area contributed by atoms with Crippen LogP contribution in [0.3, 0.4) is 0 Å². The van der Waals surface area contributed by atoms with E-state index in [4.69, 9.17) is 0 Å². The second-order valence-electron chi connectivity index (χ2n) is 4.29. The van der Waals surface area contributed by atoms with Crippen LogP contribution in [0, 0.1) is 6.92 Å². The Bertz CT molecular complexity index is 529. The Labute approximate surface area is 101 Å². The van der Waals surface area contributed by atoms with Gasteiger partial charge in [-0.2, -0.15) is 0 Å². The fourth-order valence-electron chi connectivity index (χ4n) is 2.29. The molecule has 2 aromatic rings. The zero-order valence-corrected chi connectivity index (χ0v) is 10.2. The Morgan fingerprint density at radius 3 is 2.69 bits per heavy atom. The van der Waals surface area contributed by atoms with Crippen LogP contribution in [0.15, 0.2) is 47.4 Å². The number of thioether (sulfide) groups is 1. The van der Waals surface area contributed by atoms with E-state index in [2.05, 4.69) is 49.4 Å². The molecule has 3 rings (SSSR count). The standard InChI is InChI=1S/C15H14S/c1-11-5-4-7-13-10-16-15-8-3-2-6-12(15)9-14(11)13/h2-8H,9-10H2,1H3. The minimum atomic E-state index is 1.09. The van der Waals surface area contributed by atoms with E-state index in [9.17, 15) is 0 Å². The van der Waals surface area contributed by atoms with Crippen molar-refractivity contribution in [2.75, 3.05) is 0 Å². The van der Waals surface area contributed by atoms with E-state index >= 15 is 0 Å². The number of fused-ring (bicyclic) bond motifs is 2. The van der Waals surface area contributed by atoms with Crippen LogP contribution in [0.5, 0.6) is 0 Å². The summed E-state index contributed by atoms with van der Waals surface area (Å²) < 4.78 is 0. The zero-order valence-electron chi connectivity index (χ0n) is 9.36. The van der Waals surface area contributed by atoms with Gasteiger partial charge in [0.25, 0.3) is 0 Å². The van der Waals surface area contributed by atoms with Gasteiger partial charge in [0.15, 0.2) is 0 Å². The van der Waals surface area contributed by atoms with Gasteiger partial charge in [-0.1, -0.05) is 36.4 Å². The van der Waals surface area contributed by atoms with Gasteiger partial charge < -0.3 is 0 Å². The molecular formula is C15H14S. The maximum Gasteiger partial charge on any atom is 0.0235 e. The Balaban J connectivity index is 2.13. The smallest absolute Gasteiger partial charge is 0.0235 e. The molecule has 1 aliphatic rings. The highest BCUT2D eigenvalue weighted by atomic mass is 32.2. The monoisotopic (exact) mass is 226 g/mol. The molecule has 0 bridgehead atoms. The van der Waals surface area contributed by atoms with Crippen LogP contribution in [0.4, 0.5) is 0 Å². The fourth-order valence-corrected chi connectivity index (χ4v) is 3.37. The van der Waals surface area contributed by atoms with Crippen molar-refractivity contribution >= 4 is 11.8 Å². The van der Waals surface area contributed by atoms with Gasteiger partial charge in [0, 0.05) is 10.6 Å². The van der Waals surface area contributed by atoms with Crippen molar-refractivity contribution in [1.82, 2.24) is 0 Å². The number of aryl methyl sites for hydroxylation is 1. The van der Waals surface area contributed by atoms with Crippen LogP contribution in [0.25, 0.3) is 0 Å². The van der Waals surface area contributed by atoms with Gasteiger partial charge in [-0.15, -0.1) is 11.8 Å². The lowest BCUT2D eigenvalue weighted by Crippen LogP contribution is -1.95. The summed E-state index contributed by atoms with van der Waals surface area (Å²) in [5, 5.41) is 0. The van der Waals surface area contributed by atoms with Crippen molar-refractivity contribution in [1.29, 1.82) is 0 Å². The lowest BCUT2D eigenvalue weighted by atomic mass is 9.96. The summed E-state index contributed by atoms with van der Waals surface area (Å²) in [6, 6.07) is 15.4. The number of hydrogen-bond donors (Lipinski definition) is 0. The minimum Gasteiger partial charge on any atom is -0.121 e. The average Bonchev–Trinajstić information content (AvgIpc) is 2.50. The first-order chi connectivity index (χ1) is 7.84. The normalized spacial score (nSPS) is 13.8. The second kappa shape index (κ2) is 3.99. The molecule has 0 aromatic heterocycles. The molecule has 16 heavy (non-hydrogen) atoms. The van der Waals surface area contributed by atoms with E-state index in [0.717, 1.165) is 12.2 Å². The van der Waals surface area contributed by atoms with Crippen LogP contribution in [-0.4, -0.2) is 0 Å². The van der Waals surface area contributed by atoms with Gasteiger partial charge in [-0.3, -0.25) is 0 Å². The molecule has 2 aromatic carbocycles. The molecular weight excluding hydrogens is 212 g/mol. The van der Waals surface area contributed by atoms with Gasteiger partial charge in [0.1, 0.15) is 0 Å². The Morgan fingerprint density at radius 1 is 0.938 bits per heavy atom. The second-order valence-corrected chi connectivity index (χ2v) is 5.30. The highest BCUT2D eigenvalue weighted by Crippen LogP contribution is 2.34. The van der Waals surface area contributed by atoms with Gasteiger partial charge in [-0.05, 0) is 41.7 Å². The quantitative estimate of drug-likeness (QED) is 0.649. The van der Waals surface area contributed by atoms with Gasteiger partial charge in [-0.25, -0.2) is 0 Å². The summed E-state index contributed by atoms with van der Waals surface area (Å²) in [7, 11) is 0. The highest BCUT2D eigenvalue weighted by molar-refractivity contribution is 7.98. The third kappa shape index (κ3) is 1.65. The molecule has 0 saturated heterocycles. The lowest BCUT2D eigenvalue weighted by Gasteiger charge is -2.08. The summed E-state index contributed by atoms with van der Waals surface area (Å²) in [5.41, 5.74) is 5.93. The van der Waals surface area contributed by atoms with Crippen LogP contribution in [-0.2, 0) is 12.2 Å². The predicted molar refractivity (Wildman–Crippen MR) is 70.0 cm³/mol. The zero-order chi connectivity index (χ0) is 11.0. The molecule has 1 heterocycles. The number of benzene rings is 2. The SMILES string of the molecule is Cc1cccc2c1Cc1ccccc1SC2. The molecule has 0 nitrogen and oxygen atoms in total. The van der Waals surface area contributed by atoms with Gasteiger partial charge in [0.05, 0.1) is 0 Å². The first-order valence-corrected chi connectivity index (χ1v) is 6.61.